The van der Waals surface area contributed by atoms with E-state index in [1.165, 1.54) is 6.33 Å². The second kappa shape index (κ2) is 7.04. The molecule has 0 aromatic carbocycles. The first kappa shape index (κ1) is 17.1. The summed E-state index contributed by atoms with van der Waals surface area (Å²) >= 11 is 0. The van der Waals surface area contributed by atoms with E-state index in [0.29, 0.717) is 19.4 Å². The summed E-state index contributed by atoms with van der Waals surface area (Å²) in [7, 11) is 0. The van der Waals surface area contributed by atoms with Gasteiger partial charge in [0.05, 0.1) is 18.2 Å². The van der Waals surface area contributed by atoms with Gasteiger partial charge < -0.3 is 5.32 Å². The lowest BCUT2D eigenvalue weighted by atomic mass is 9.85. The molecule has 1 saturated carbocycles. The van der Waals surface area contributed by atoms with Crippen LogP contribution in [0.4, 0.5) is 13.2 Å². The third-order valence-electron chi connectivity index (χ3n) is 4.82. The van der Waals surface area contributed by atoms with Crippen molar-refractivity contribution < 1.29 is 18.0 Å². The molecule has 0 saturated heterocycles. The van der Waals surface area contributed by atoms with E-state index in [1.807, 2.05) is 4.90 Å². The maximum Gasteiger partial charge on any atom is 0.391 e. The Balaban J connectivity index is 1.49. The summed E-state index contributed by atoms with van der Waals surface area (Å²) in [4.78, 5) is 22.4. The van der Waals surface area contributed by atoms with Crippen LogP contribution in [-0.4, -0.2) is 46.1 Å². The number of hydrogen-bond donors (Lipinski definition) is 1. The average Bonchev–Trinajstić information content (AvgIpc) is 2.54. The predicted octanol–water partition coefficient (Wildman–Crippen LogP) is 2.07. The van der Waals surface area contributed by atoms with Gasteiger partial charge in [-0.15, -0.1) is 0 Å². The number of rotatable bonds is 3. The third-order valence-corrected chi connectivity index (χ3v) is 4.82. The van der Waals surface area contributed by atoms with E-state index in [0.717, 1.165) is 24.2 Å². The van der Waals surface area contributed by atoms with E-state index in [2.05, 4.69) is 15.3 Å². The molecule has 8 heteroatoms. The molecule has 24 heavy (non-hydrogen) atoms. The van der Waals surface area contributed by atoms with E-state index >= 15 is 0 Å². The van der Waals surface area contributed by atoms with Crippen molar-refractivity contribution in [3.63, 3.8) is 0 Å². The fourth-order valence-corrected chi connectivity index (χ4v) is 3.53. The highest BCUT2D eigenvalue weighted by molar-refractivity contribution is 5.78. The van der Waals surface area contributed by atoms with Crippen molar-refractivity contribution >= 4 is 5.91 Å². The van der Waals surface area contributed by atoms with E-state index in [1.54, 1.807) is 6.20 Å². The predicted molar refractivity (Wildman–Crippen MR) is 81.0 cm³/mol. The maximum atomic E-state index is 12.8. The van der Waals surface area contributed by atoms with Crippen molar-refractivity contribution in [2.45, 2.75) is 50.9 Å². The number of amides is 1. The van der Waals surface area contributed by atoms with Crippen LogP contribution in [0.3, 0.4) is 0 Å². The summed E-state index contributed by atoms with van der Waals surface area (Å²) in [6.45, 7) is 1.49. The summed E-state index contributed by atoms with van der Waals surface area (Å²) in [6.07, 6.45) is 1.17. The number of hydrogen-bond acceptors (Lipinski definition) is 4. The molecule has 1 aromatic heterocycles. The zero-order valence-electron chi connectivity index (χ0n) is 13.4. The summed E-state index contributed by atoms with van der Waals surface area (Å²) < 4.78 is 38.5. The van der Waals surface area contributed by atoms with Crippen LogP contribution in [0.2, 0.25) is 0 Å². The minimum Gasteiger partial charge on any atom is -0.352 e. The Hall–Kier alpha value is -1.70. The van der Waals surface area contributed by atoms with Crippen molar-refractivity contribution in [3.8, 4) is 0 Å². The van der Waals surface area contributed by atoms with Crippen LogP contribution in [0, 0.1) is 5.92 Å². The highest BCUT2D eigenvalue weighted by Gasteiger charge is 2.42. The van der Waals surface area contributed by atoms with Crippen molar-refractivity contribution in [1.82, 2.24) is 20.2 Å². The first-order valence-electron chi connectivity index (χ1n) is 8.28. The van der Waals surface area contributed by atoms with Gasteiger partial charge in [-0.05, 0) is 31.2 Å². The Morgan fingerprint density at radius 2 is 2.21 bits per heavy atom. The van der Waals surface area contributed by atoms with Crippen molar-refractivity contribution in [3.05, 3.63) is 23.8 Å². The first-order chi connectivity index (χ1) is 11.4. The number of alkyl halides is 3. The smallest absolute Gasteiger partial charge is 0.352 e. The van der Waals surface area contributed by atoms with Crippen molar-refractivity contribution in [2.24, 2.45) is 5.92 Å². The van der Waals surface area contributed by atoms with Gasteiger partial charge in [-0.25, -0.2) is 9.97 Å². The molecule has 5 nitrogen and oxygen atoms in total. The number of nitrogens with one attached hydrogen (secondary N) is 1. The Bertz CT molecular complexity index is 593. The SMILES string of the molecule is O=C(CN1CCc2cncnc2C1)N[C@H]1CCC[C@H](C(F)(F)F)C1. The standard InChI is InChI=1S/C16H21F3N4O/c17-16(18,19)12-2-1-3-13(6-12)22-15(24)9-23-5-4-11-7-20-10-21-14(11)8-23/h7,10,12-13H,1-6,8-9H2,(H,22,24)/t12-,13-/m0/s1. The highest BCUT2D eigenvalue weighted by atomic mass is 19.4. The largest absolute Gasteiger partial charge is 0.391 e. The van der Waals surface area contributed by atoms with E-state index < -0.39 is 12.1 Å². The topological polar surface area (TPSA) is 58.1 Å². The summed E-state index contributed by atoms with van der Waals surface area (Å²) in [5.74, 6) is -1.50. The molecule has 132 valence electrons. The summed E-state index contributed by atoms with van der Waals surface area (Å²) in [5, 5.41) is 2.78. The van der Waals surface area contributed by atoms with Gasteiger partial charge in [-0.2, -0.15) is 13.2 Å². The Kier molecular flexibility index (Phi) is 5.03. The van der Waals surface area contributed by atoms with Gasteiger partial charge in [0.2, 0.25) is 5.91 Å². The maximum absolute atomic E-state index is 12.8. The minimum absolute atomic E-state index is 0.00863. The molecule has 2 heterocycles. The highest BCUT2D eigenvalue weighted by Crippen LogP contribution is 2.37. The number of fused-ring (bicyclic) bond motifs is 1. The Morgan fingerprint density at radius 3 is 3.00 bits per heavy atom. The van der Waals surface area contributed by atoms with Gasteiger partial charge >= 0.3 is 6.18 Å². The molecule has 0 spiro atoms. The zero-order chi connectivity index (χ0) is 17.2. The molecule has 1 amide bonds. The lowest BCUT2D eigenvalue weighted by molar-refractivity contribution is -0.184. The molecule has 0 unspecified atom stereocenters. The molecule has 2 aliphatic rings. The molecule has 1 N–H and O–H groups in total. The molecule has 0 radical (unpaired) electrons. The van der Waals surface area contributed by atoms with E-state index in [9.17, 15) is 18.0 Å². The van der Waals surface area contributed by atoms with Gasteiger partial charge in [0.25, 0.3) is 0 Å². The lowest BCUT2D eigenvalue weighted by Gasteiger charge is -2.32. The van der Waals surface area contributed by atoms with Crippen LogP contribution >= 0.6 is 0 Å². The molecule has 1 aliphatic heterocycles. The van der Waals surface area contributed by atoms with Gasteiger partial charge in [0.15, 0.2) is 0 Å². The second-order valence-electron chi connectivity index (χ2n) is 6.62. The fourth-order valence-electron chi connectivity index (χ4n) is 3.53. The van der Waals surface area contributed by atoms with Gasteiger partial charge in [-0.1, -0.05) is 6.42 Å². The second-order valence-corrected chi connectivity index (χ2v) is 6.62. The number of nitrogens with zero attached hydrogens (tertiary/aromatic N) is 3. The molecule has 1 fully saturated rings. The molecule has 2 atom stereocenters. The van der Waals surface area contributed by atoms with Crippen LogP contribution in [0.5, 0.6) is 0 Å². The fraction of sp³-hybridized carbons (Fsp3) is 0.688. The minimum atomic E-state index is -4.17. The van der Waals surface area contributed by atoms with E-state index in [-0.39, 0.29) is 31.3 Å². The van der Waals surface area contributed by atoms with Crippen LogP contribution in [-0.2, 0) is 17.8 Å². The normalized spacial score (nSPS) is 25.1. The Morgan fingerprint density at radius 1 is 1.38 bits per heavy atom. The van der Waals surface area contributed by atoms with Gasteiger partial charge in [0.1, 0.15) is 6.33 Å². The Labute approximate surface area is 138 Å². The molecule has 3 rings (SSSR count). The quantitative estimate of drug-likeness (QED) is 0.914. The monoisotopic (exact) mass is 342 g/mol. The van der Waals surface area contributed by atoms with Crippen LogP contribution in [0.15, 0.2) is 12.5 Å². The first-order valence-corrected chi connectivity index (χ1v) is 8.28. The van der Waals surface area contributed by atoms with Gasteiger partial charge in [0, 0.05) is 25.3 Å². The van der Waals surface area contributed by atoms with Crippen molar-refractivity contribution in [1.29, 1.82) is 0 Å². The van der Waals surface area contributed by atoms with Crippen LogP contribution < -0.4 is 5.32 Å². The van der Waals surface area contributed by atoms with Crippen molar-refractivity contribution in [2.75, 3.05) is 13.1 Å². The number of aromatic nitrogens is 2. The number of carbonyl (C=O) groups is 1. The summed E-state index contributed by atoms with van der Waals surface area (Å²) in [6, 6.07) is -0.378. The van der Waals surface area contributed by atoms with Crippen LogP contribution in [0.25, 0.3) is 0 Å². The number of carbonyl (C=O) groups excluding carboxylic acids is 1. The molecular weight excluding hydrogens is 321 g/mol. The average molecular weight is 342 g/mol. The third kappa shape index (κ3) is 4.23. The summed E-state index contributed by atoms with van der Waals surface area (Å²) in [5.41, 5.74) is 2.01. The molecule has 1 aromatic rings. The molecule has 0 bridgehead atoms. The van der Waals surface area contributed by atoms with Gasteiger partial charge in [-0.3, -0.25) is 9.69 Å². The van der Waals surface area contributed by atoms with Crippen LogP contribution in [0.1, 0.15) is 36.9 Å². The van der Waals surface area contributed by atoms with E-state index in [4.69, 9.17) is 0 Å². The lowest BCUT2D eigenvalue weighted by Crippen LogP contribution is -2.46. The molecule has 1 aliphatic carbocycles. The molecular formula is C16H21F3N4O. The zero-order valence-corrected chi connectivity index (χ0v) is 13.4. The number of halogens is 3.